The number of hydrogen-bond acceptors (Lipinski definition) is 2. The van der Waals surface area contributed by atoms with Crippen LogP contribution < -0.4 is 11.1 Å². The quantitative estimate of drug-likeness (QED) is 0.902. The second-order valence-electron chi connectivity index (χ2n) is 4.99. The van der Waals surface area contributed by atoms with E-state index in [0.717, 1.165) is 31.2 Å². The van der Waals surface area contributed by atoms with Crippen molar-refractivity contribution < 1.29 is 4.79 Å². The van der Waals surface area contributed by atoms with Crippen LogP contribution >= 0.6 is 24.0 Å². The standard InChI is InChI=1S/C14H19ClN2O.ClH/c15-11-3-1-2-10(8-11)9-14(18)17-13-6-4-12(16)5-7-13;/h1-3,8,12-13H,4-7,9,16H2,(H,17,18);1H. The second-order valence-corrected chi connectivity index (χ2v) is 5.42. The zero-order valence-electron chi connectivity index (χ0n) is 10.8. The number of carbonyl (C=O) groups excluding carboxylic acids is 1. The lowest BCUT2D eigenvalue weighted by molar-refractivity contribution is -0.121. The van der Waals surface area contributed by atoms with Crippen molar-refractivity contribution in [3.05, 3.63) is 34.9 Å². The van der Waals surface area contributed by atoms with Gasteiger partial charge >= 0.3 is 0 Å². The van der Waals surface area contributed by atoms with Gasteiger partial charge in [0, 0.05) is 17.1 Å². The minimum Gasteiger partial charge on any atom is -0.353 e. The van der Waals surface area contributed by atoms with E-state index >= 15 is 0 Å². The number of halogens is 2. The third kappa shape index (κ3) is 5.39. The smallest absolute Gasteiger partial charge is 0.224 e. The molecule has 0 spiro atoms. The molecule has 3 nitrogen and oxygen atoms in total. The maximum atomic E-state index is 11.9. The average molecular weight is 303 g/mol. The van der Waals surface area contributed by atoms with Crippen LogP contribution in [0.5, 0.6) is 0 Å². The molecule has 0 aromatic heterocycles. The fourth-order valence-electron chi connectivity index (χ4n) is 2.37. The molecule has 1 aromatic carbocycles. The first kappa shape index (κ1) is 16.3. The fourth-order valence-corrected chi connectivity index (χ4v) is 2.59. The van der Waals surface area contributed by atoms with Crippen molar-refractivity contribution in [2.45, 2.75) is 44.2 Å². The van der Waals surface area contributed by atoms with Crippen LogP contribution in [0.4, 0.5) is 0 Å². The Labute approximate surface area is 125 Å². The molecular weight excluding hydrogens is 283 g/mol. The molecule has 1 amide bonds. The summed E-state index contributed by atoms with van der Waals surface area (Å²) in [5, 5.41) is 3.74. The van der Waals surface area contributed by atoms with Crippen LogP contribution in [0.25, 0.3) is 0 Å². The van der Waals surface area contributed by atoms with Crippen molar-refractivity contribution >= 4 is 29.9 Å². The topological polar surface area (TPSA) is 55.1 Å². The highest BCUT2D eigenvalue weighted by atomic mass is 35.5. The summed E-state index contributed by atoms with van der Waals surface area (Å²) < 4.78 is 0. The highest BCUT2D eigenvalue weighted by Crippen LogP contribution is 2.17. The molecule has 0 saturated heterocycles. The van der Waals surface area contributed by atoms with Gasteiger partial charge in [0.05, 0.1) is 6.42 Å². The molecule has 2 rings (SSSR count). The highest BCUT2D eigenvalue weighted by molar-refractivity contribution is 6.30. The minimum atomic E-state index is 0. The minimum absolute atomic E-state index is 0. The summed E-state index contributed by atoms with van der Waals surface area (Å²) in [6.07, 6.45) is 4.37. The Morgan fingerprint density at radius 1 is 1.32 bits per heavy atom. The van der Waals surface area contributed by atoms with E-state index in [2.05, 4.69) is 5.32 Å². The van der Waals surface area contributed by atoms with Crippen LogP contribution in [0.15, 0.2) is 24.3 Å². The van der Waals surface area contributed by atoms with Crippen LogP contribution in [0.1, 0.15) is 31.2 Å². The zero-order valence-corrected chi connectivity index (χ0v) is 12.3. The van der Waals surface area contributed by atoms with Gasteiger partial charge in [0.15, 0.2) is 0 Å². The Kier molecular flexibility index (Phi) is 6.63. The van der Waals surface area contributed by atoms with Crippen LogP contribution in [0.3, 0.4) is 0 Å². The first-order chi connectivity index (χ1) is 8.63. The summed E-state index contributed by atoms with van der Waals surface area (Å²) in [7, 11) is 0. The van der Waals surface area contributed by atoms with E-state index in [1.165, 1.54) is 0 Å². The maximum absolute atomic E-state index is 11.9. The molecule has 0 heterocycles. The normalized spacial score (nSPS) is 22.4. The molecule has 3 N–H and O–H groups in total. The predicted molar refractivity (Wildman–Crippen MR) is 80.8 cm³/mol. The molecule has 1 fully saturated rings. The average Bonchev–Trinajstić information content (AvgIpc) is 2.32. The molecule has 106 valence electrons. The van der Waals surface area contributed by atoms with Gasteiger partial charge in [-0.2, -0.15) is 0 Å². The Morgan fingerprint density at radius 3 is 2.63 bits per heavy atom. The lowest BCUT2D eigenvalue weighted by Gasteiger charge is -2.26. The third-order valence-corrected chi connectivity index (χ3v) is 3.63. The summed E-state index contributed by atoms with van der Waals surface area (Å²) in [6.45, 7) is 0. The van der Waals surface area contributed by atoms with E-state index in [4.69, 9.17) is 17.3 Å². The van der Waals surface area contributed by atoms with Crippen molar-refractivity contribution in [3.8, 4) is 0 Å². The molecule has 1 aliphatic carbocycles. The molecule has 5 heteroatoms. The molecule has 0 bridgehead atoms. The number of rotatable bonds is 3. The van der Waals surface area contributed by atoms with E-state index in [0.29, 0.717) is 17.5 Å². The van der Waals surface area contributed by atoms with Crippen molar-refractivity contribution in [2.75, 3.05) is 0 Å². The van der Waals surface area contributed by atoms with E-state index in [9.17, 15) is 4.79 Å². The molecule has 0 aliphatic heterocycles. The van der Waals surface area contributed by atoms with Gasteiger partial charge in [-0.1, -0.05) is 23.7 Å². The number of amides is 1. The lowest BCUT2D eigenvalue weighted by atomic mass is 9.91. The Balaban J connectivity index is 0.00000180. The first-order valence-electron chi connectivity index (χ1n) is 6.43. The zero-order chi connectivity index (χ0) is 13.0. The lowest BCUT2D eigenvalue weighted by Crippen LogP contribution is -2.41. The monoisotopic (exact) mass is 302 g/mol. The van der Waals surface area contributed by atoms with Gasteiger partial charge in [-0.15, -0.1) is 12.4 Å². The van der Waals surface area contributed by atoms with Crippen LogP contribution in [0.2, 0.25) is 5.02 Å². The largest absolute Gasteiger partial charge is 0.353 e. The molecule has 1 saturated carbocycles. The molecule has 0 unspecified atom stereocenters. The van der Waals surface area contributed by atoms with Crippen molar-refractivity contribution in [1.29, 1.82) is 0 Å². The van der Waals surface area contributed by atoms with Gasteiger partial charge in [0.2, 0.25) is 5.91 Å². The van der Waals surface area contributed by atoms with Gasteiger partial charge in [-0.25, -0.2) is 0 Å². The Bertz CT molecular complexity index is 418. The van der Waals surface area contributed by atoms with E-state index in [1.54, 1.807) is 0 Å². The maximum Gasteiger partial charge on any atom is 0.224 e. The highest BCUT2D eigenvalue weighted by Gasteiger charge is 2.19. The van der Waals surface area contributed by atoms with E-state index in [-0.39, 0.29) is 24.4 Å². The number of hydrogen-bond donors (Lipinski definition) is 2. The van der Waals surface area contributed by atoms with Crippen LogP contribution in [0, 0.1) is 0 Å². The number of benzene rings is 1. The second kappa shape index (κ2) is 7.73. The fraction of sp³-hybridized carbons (Fsp3) is 0.500. The molecule has 1 aliphatic rings. The SMILES string of the molecule is Cl.NC1CCC(NC(=O)Cc2cccc(Cl)c2)CC1. The van der Waals surface area contributed by atoms with Crippen LogP contribution in [-0.2, 0) is 11.2 Å². The first-order valence-corrected chi connectivity index (χ1v) is 6.80. The molecule has 1 aromatic rings. The molecule has 0 radical (unpaired) electrons. The van der Waals surface area contributed by atoms with Gasteiger partial charge in [0.1, 0.15) is 0 Å². The van der Waals surface area contributed by atoms with Crippen molar-refractivity contribution in [2.24, 2.45) is 5.73 Å². The predicted octanol–water partition coefficient (Wildman–Crippen LogP) is 2.69. The summed E-state index contributed by atoms with van der Waals surface area (Å²) in [5.74, 6) is 0.0674. The Hall–Kier alpha value is -0.770. The third-order valence-electron chi connectivity index (χ3n) is 3.39. The van der Waals surface area contributed by atoms with Gasteiger partial charge in [-0.3, -0.25) is 4.79 Å². The summed E-state index contributed by atoms with van der Waals surface area (Å²) in [5.41, 5.74) is 6.79. The number of carbonyl (C=O) groups is 1. The van der Waals surface area contributed by atoms with Gasteiger partial charge < -0.3 is 11.1 Å². The molecule has 19 heavy (non-hydrogen) atoms. The van der Waals surface area contributed by atoms with Gasteiger partial charge in [-0.05, 0) is 43.4 Å². The number of nitrogens with two attached hydrogens (primary N) is 1. The van der Waals surface area contributed by atoms with E-state index < -0.39 is 0 Å². The Morgan fingerprint density at radius 2 is 2.00 bits per heavy atom. The molecule has 0 atom stereocenters. The molecular formula is C14H20Cl2N2O. The van der Waals surface area contributed by atoms with E-state index in [1.807, 2.05) is 24.3 Å². The van der Waals surface area contributed by atoms with Crippen molar-refractivity contribution in [3.63, 3.8) is 0 Å². The summed E-state index contributed by atoms with van der Waals surface area (Å²) in [4.78, 5) is 11.9. The van der Waals surface area contributed by atoms with Gasteiger partial charge in [0.25, 0.3) is 0 Å². The van der Waals surface area contributed by atoms with Crippen molar-refractivity contribution in [1.82, 2.24) is 5.32 Å². The summed E-state index contributed by atoms with van der Waals surface area (Å²) >= 11 is 5.89. The summed E-state index contributed by atoms with van der Waals surface area (Å²) in [6, 6.07) is 8.03. The number of nitrogens with one attached hydrogen (secondary N) is 1. The van der Waals surface area contributed by atoms with Crippen LogP contribution in [-0.4, -0.2) is 18.0 Å².